The average molecular weight is 460 g/mol. The zero-order chi connectivity index (χ0) is 23.8. The van der Waals surface area contributed by atoms with E-state index in [1.807, 2.05) is 36.5 Å². The van der Waals surface area contributed by atoms with E-state index >= 15 is 0 Å². The summed E-state index contributed by atoms with van der Waals surface area (Å²) in [5.41, 5.74) is 10.3. The van der Waals surface area contributed by atoms with Crippen LogP contribution in [-0.2, 0) is 33.9 Å². The SMILES string of the molecule is NC(Cc1c[nH]c2ccccc12)C(=O)NCc1ccc2c(c1)CN(C1CCC(=O)NC1=O)C2=O. The molecule has 2 aromatic carbocycles. The summed E-state index contributed by atoms with van der Waals surface area (Å²) < 4.78 is 0. The molecule has 1 saturated heterocycles. The standard InChI is InChI=1S/C25H25N5O4/c26-19(10-15-12-27-20-4-2-1-3-17(15)20)23(32)28-11-14-5-6-18-16(9-14)13-30(25(18)34)21-7-8-22(31)29-24(21)33/h1-6,9,12,19,21,27H,7-8,10-11,13,26H2,(H,28,32)(H,29,31,33). The van der Waals surface area contributed by atoms with Crippen molar-refractivity contribution in [1.82, 2.24) is 20.5 Å². The highest BCUT2D eigenvalue weighted by atomic mass is 16.2. The fourth-order valence-electron chi connectivity index (χ4n) is 4.69. The number of H-pyrrole nitrogens is 1. The number of amides is 4. The molecule has 0 spiro atoms. The zero-order valence-electron chi connectivity index (χ0n) is 18.5. The number of hydrogen-bond donors (Lipinski definition) is 4. The Morgan fingerprint density at radius 1 is 1.18 bits per heavy atom. The van der Waals surface area contributed by atoms with Crippen LogP contribution in [0.2, 0.25) is 0 Å². The summed E-state index contributed by atoms with van der Waals surface area (Å²) in [7, 11) is 0. The molecule has 9 heteroatoms. The summed E-state index contributed by atoms with van der Waals surface area (Å²) in [4.78, 5) is 53.7. The van der Waals surface area contributed by atoms with Crippen molar-refractivity contribution in [2.24, 2.45) is 5.73 Å². The van der Waals surface area contributed by atoms with Crippen LogP contribution in [0.1, 0.15) is 39.9 Å². The maximum atomic E-state index is 12.8. The molecule has 2 aliphatic heterocycles. The molecule has 1 aromatic heterocycles. The summed E-state index contributed by atoms with van der Waals surface area (Å²) in [6.45, 7) is 0.572. The summed E-state index contributed by atoms with van der Waals surface area (Å²) >= 11 is 0. The molecule has 0 aliphatic carbocycles. The highest BCUT2D eigenvalue weighted by Gasteiger charge is 2.39. The number of nitrogens with two attached hydrogens (primary N) is 1. The molecule has 4 amide bonds. The molecule has 2 aliphatic rings. The Kier molecular flexibility index (Phi) is 5.62. The lowest BCUT2D eigenvalue weighted by atomic mass is 10.0. The summed E-state index contributed by atoms with van der Waals surface area (Å²) in [6.07, 6.45) is 2.83. The van der Waals surface area contributed by atoms with Crippen LogP contribution >= 0.6 is 0 Å². The quantitative estimate of drug-likeness (QED) is 0.409. The van der Waals surface area contributed by atoms with E-state index in [-0.39, 0.29) is 30.7 Å². The van der Waals surface area contributed by atoms with Crippen LogP contribution in [0.4, 0.5) is 0 Å². The highest BCUT2D eigenvalue weighted by Crippen LogP contribution is 2.28. The molecule has 5 rings (SSSR count). The second kappa shape index (κ2) is 8.75. The monoisotopic (exact) mass is 459 g/mol. The van der Waals surface area contributed by atoms with E-state index in [2.05, 4.69) is 15.6 Å². The van der Waals surface area contributed by atoms with Gasteiger partial charge in [0.05, 0.1) is 6.04 Å². The normalized spacial score (nSPS) is 18.7. The van der Waals surface area contributed by atoms with Crippen molar-refractivity contribution in [3.05, 3.63) is 70.9 Å². The Morgan fingerprint density at radius 2 is 2.00 bits per heavy atom. The van der Waals surface area contributed by atoms with Crippen LogP contribution in [0.5, 0.6) is 0 Å². The largest absolute Gasteiger partial charge is 0.361 e. The van der Waals surface area contributed by atoms with E-state index in [1.54, 1.807) is 12.1 Å². The van der Waals surface area contributed by atoms with E-state index in [9.17, 15) is 19.2 Å². The van der Waals surface area contributed by atoms with Crippen LogP contribution in [0.25, 0.3) is 10.9 Å². The molecule has 5 N–H and O–H groups in total. The van der Waals surface area contributed by atoms with Gasteiger partial charge in [0.15, 0.2) is 0 Å². The van der Waals surface area contributed by atoms with Gasteiger partial charge in [-0.25, -0.2) is 0 Å². The smallest absolute Gasteiger partial charge is 0.255 e. The summed E-state index contributed by atoms with van der Waals surface area (Å²) in [5, 5.41) is 6.22. The number of nitrogens with zero attached hydrogens (tertiary/aromatic N) is 1. The number of benzene rings is 2. The van der Waals surface area contributed by atoms with Gasteiger partial charge in [-0.2, -0.15) is 0 Å². The van der Waals surface area contributed by atoms with Crippen LogP contribution in [0.15, 0.2) is 48.7 Å². The Morgan fingerprint density at radius 3 is 2.82 bits per heavy atom. The maximum Gasteiger partial charge on any atom is 0.255 e. The molecule has 34 heavy (non-hydrogen) atoms. The lowest BCUT2D eigenvalue weighted by Crippen LogP contribution is -2.52. The van der Waals surface area contributed by atoms with Crippen molar-refractivity contribution in [3.63, 3.8) is 0 Å². The molecule has 3 heterocycles. The number of hydrogen-bond acceptors (Lipinski definition) is 5. The van der Waals surface area contributed by atoms with Crippen LogP contribution in [0, 0.1) is 0 Å². The van der Waals surface area contributed by atoms with Gasteiger partial charge < -0.3 is 20.9 Å². The van der Waals surface area contributed by atoms with Gasteiger partial charge in [-0.3, -0.25) is 24.5 Å². The molecule has 174 valence electrons. The Bertz CT molecular complexity index is 1310. The second-order valence-electron chi connectivity index (χ2n) is 8.78. The van der Waals surface area contributed by atoms with Gasteiger partial charge in [-0.05, 0) is 41.7 Å². The summed E-state index contributed by atoms with van der Waals surface area (Å²) in [5.74, 6) is -1.23. The molecule has 2 atom stereocenters. The molecule has 9 nitrogen and oxygen atoms in total. The van der Waals surface area contributed by atoms with Crippen molar-refractivity contribution in [3.8, 4) is 0 Å². The van der Waals surface area contributed by atoms with Gasteiger partial charge in [0.1, 0.15) is 6.04 Å². The van der Waals surface area contributed by atoms with Crippen molar-refractivity contribution < 1.29 is 19.2 Å². The first-order chi connectivity index (χ1) is 16.4. The van der Waals surface area contributed by atoms with Gasteiger partial charge in [0.25, 0.3) is 5.91 Å². The third kappa shape index (κ3) is 4.06. The number of carbonyl (C=O) groups excluding carboxylic acids is 4. The van der Waals surface area contributed by atoms with E-state index < -0.39 is 18.0 Å². The zero-order valence-corrected chi connectivity index (χ0v) is 18.5. The van der Waals surface area contributed by atoms with Crippen molar-refractivity contribution >= 4 is 34.5 Å². The van der Waals surface area contributed by atoms with Gasteiger partial charge in [-0.1, -0.05) is 30.3 Å². The fraction of sp³-hybridized carbons (Fsp3) is 0.280. The van der Waals surface area contributed by atoms with Gasteiger partial charge in [0, 0.05) is 42.2 Å². The number of piperidine rings is 1. The number of carbonyl (C=O) groups is 4. The van der Waals surface area contributed by atoms with E-state index in [4.69, 9.17) is 5.73 Å². The first kappa shape index (κ1) is 21.8. The Balaban J connectivity index is 1.20. The first-order valence-electron chi connectivity index (χ1n) is 11.3. The Labute approximate surface area is 195 Å². The van der Waals surface area contributed by atoms with Crippen LogP contribution in [-0.4, -0.2) is 45.6 Å². The number of imide groups is 1. The molecule has 1 fully saturated rings. The average Bonchev–Trinajstić information content (AvgIpc) is 3.38. The molecule has 0 bridgehead atoms. The topological polar surface area (TPSA) is 137 Å². The molecule has 0 radical (unpaired) electrons. The minimum Gasteiger partial charge on any atom is -0.361 e. The van der Waals surface area contributed by atoms with Gasteiger partial charge >= 0.3 is 0 Å². The molecular weight excluding hydrogens is 434 g/mol. The molecule has 2 unspecified atom stereocenters. The van der Waals surface area contributed by atoms with Crippen LogP contribution in [0.3, 0.4) is 0 Å². The molecule has 3 aromatic rings. The van der Waals surface area contributed by atoms with Crippen molar-refractivity contribution in [2.45, 2.75) is 44.4 Å². The van der Waals surface area contributed by atoms with Crippen molar-refractivity contribution in [2.75, 3.05) is 0 Å². The molecular formula is C25H25N5O4. The maximum absolute atomic E-state index is 12.8. The number of fused-ring (bicyclic) bond motifs is 2. The van der Waals surface area contributed by atoms with E-state index in [0.717, 1.165) is 27.6 Å². The summed E-state index contributed by atoms with van der Waals surface area (Å²) in [6, 6.07) is 11.9. The van der Waals surface area contributed by atoms with Crippen LogP contribution < -0.4 is 16.4 Å². The van der Waals surface area contributed by atoms with Gasteiger partial charge in [0.2, 0.25) is 17.7 Å². The molecule has 0 saturated carbocycles. The number of aromatic nitrogens is 1. The lowest BCUT2D eigenvalue weighted by Gasteiger charge is -2.29. The highest BCUT2D eigenvalue weighted by molar-refractivity contribution is 6.05. The second-order valence-corrected chi connectivity index (χ2v) is 8.78. The number of para-hydroxylation sites is 1. The lowest BCUT2D eigenvalue weighted by molar-refractivity contribution is -0.137. The Hall–Kier alpha value is -3.98. The first-order valence-corrected chi connectivity index (χ1v) is 11.3. The van der Waals surface area contributed by atoms with E-state index in [0.29, 0.717) is 24.9 Å². The number of nitrogens with one attached hydrogen (secondary N) is 3. The number of aromatic amines is 1. The van der Waals surface area contributed by atoms with Crippen molar-refractivity contribution in [1.29, 1.82) is 0 Å². The fourth-order valence-corrected chi connectivity index (χ4v) is 4.69. The number of rotatable bonds is 6. The minimum absolute atomic E-state index is 0.215. The predicted molar refractivity (Wildman–Crippen MR) is 124 cm³/mol. The minimum atomic E-state index is -0.696. The third-order valence-corrected chi connectivity index (χ3v) is 6.51. The van der Waals surface area contributed by atoms with Gasteiger partial charge in [-0.15, -0.1) is 0 Å². The predicted octanol–water partition coefficient (Wildman–Crippen LogP) is 1.12. The van der Waals surface area contributed by atoms with E-state index in [1.165, 1.54) is 4.90 Å². The third-order valence-electron chi connectivity index (χ3n) is 6.51.